The highest BCUT2D eigenvalue weighted by atomic mass is 35.5. The Labute approximate surface area is 95.2 Å². The van der Waals surface area contributed by atoms with E-state index in [2.05, 4.69) is 0 Å². The van der Waals surface area contributed by atoms with Gasteiger partial charge in [-0.25, -0.2) is 0 Å². The number of hydrogen-bond donors (Lipinski definition) is 2. The molecule has 0 aliphatic heterocycles. The largest absolute Gasteiger partial charge is 0.402 e. The Morgan fingerprint density at radius 2 is 1.93 bits per heavy atom. The van der Waals surface area contributed by atoms with E-state index in [0.717, 1.165) is 22.0 Å². The highest BCUT2D eigenvalue weighted by molar-refractivity contribution is 6.31. The average Bonchev–Trinajstić information content (AvgIpc) is 2.18. The van der Waals surface area contributed by atoms with Crippen molar-refractivity contribution in [2.75, 3.05) is 0 Å². The van der Waals surface area contributed by atoms with Crippen LogP contribution < -0.4 is 11.5 Å². The maximum absolute atomic E-state index is 6.01. The van der Waals surface area contributed by atoms with Crippen LogP contribution in [0, 0.1) is 0 Å². The number of hydrogen-bond acceptors (Lipinski definition) is 2. The summed E-state index contributed by atoms with van der Waals surface area (Å²) in [4.78, 5) is 0. The van der Waals surface area contributed by atoms with Crippen molar-refractivity contribution in [2.45, 2.75) is 13.3 Å². The molecule has 0 bridgehead atoms. The Morgan fingerprint density at radius 1 is 1.27 bits per heavy atom. The minimum absolute atomic E-state index is 0.642. The van der Waals surface area contributed by atoms with Crippen LogP contribution in [0.5, 0.6) is 0 Å². The molecule has 0 heterocycles. The summed E-state index contributed by atoms with van der Waals surface area (Å²) < 4.78 is 0. The Balaban J connectivity index is 2.75. The van der Waals surface area contributed by atoms with Gasteiger partial charge in [0.15, 0.2) is 0 Å². The molecule has 0 saturated heterocycles. The molecule has 2 nitrogen and oxygen atoms in total. The summed E-state index contributed by atoms with van der Waals surface area (Å²) >= 11 is 6.01. The van der Waals surface area contributed by atoms with Crippen molar-refractivity contribution in [1.82, 2.24) is 0 Å². The van der Waals surface area contributed by atoms with Crippen LogP contribution >= 0.6 is 11.6 Å². The lowest BCUT2D eigenvalue weighted by Crippen LogP contribution is -2.01. The third-order valence-electron chi connectivity index (χ3n) is 1.91. The molecule has 0 aliphatic rings. The molecule has 4 N–H and O–H groups in total. The maximum Gasteiger partial charge on any atom is 0.0441 e. The molecule has 0 atom stereocenters. The Hall–Kier alpha value is -1.41. The summed E-state index contributed by atoms with van der Waals surface area (Å²) in [6, 6.07) is 7.66. The first-order valence-corrected chi connectivity index (χ1v) is 5.09. The van der Waals surface area contributed by atoms with E-state index in [4.69, 9.17) is 23.1 Å². The molecule has 15 heavy (non-hydrogen) atoms. The lowest BCUT2D eigenvalue weighted by molar-refractivity contribution is 1.11. The summed E-state index contributed by atoms with van der Waals surface area (Å²) in [6.07, 6.45) is 4.23. The molecule has 80 valence electrons. The van der Waals surface area contributed by atoms with Crippen molar-refractivity contribution >= 4 is 11.6 Å². The van der Waals surface area contributed by atoms with Crippen molar-refractivity contribution in [1.29, 1.82) is 0 Å². The molecule has 0 spiro atoms. The lowest BCUT2D eigenvalue weighted by Gasteiger charge is -2.03. The fourth-order valence-electron chi connectivity index (χ4n) is 1.16. The SMILES string of the molecule is C/C(N)=C/C=C(\N)Cc1ccccc1Cl. The van der Waals surface area contributed by atoms with Gasteiger partial charge in [0.25, 0.3) is 0 Å². The maximum atomic E-state index is 6.01. The van der Waals surface area contributed by atoms with E-state index in [9.17, 15) is 0 Å². The Morgan fingerprint density at radius 3 is 2.53 bits per heavy atom. The van der Waals surface area contributed by atoms with Gasteiger partial charge in [0.05, 0.1) is 0 Å². The second kappa shape index (κ2) is 5.47. The van der Waals surface area contributed by atoms with E-state index >= 15 is 0 Å². The van der Waals surface area contributed by atoms with Gasteiger partial charge in [-0.3, -0.25) is 0 Å². The second-order valence-corrected chi connectivity index (χ2v) is 3.83. The van der Waals surface area contributed by atoms with Gasteiger partial charge < -0.3 is 11.5 Å². The first-order valence-electron chi connectivity index (χ1n) is 4.71. The van der Waals surface area contributed by atoms with E-state index in [1.54, 1.807) is 12.2 Å². The first-order chi connectivity index (χ1) is 7.09. The summed E-state index contributed by atoms with van der Waals surface area (Å²) in [5.74, 6) is 0. The zero-order valence-corrected chi connectivity index (χ0v) is 9.46. The topological polar surface area (TPSA) is 52.0 Å². The Bertz CT molecular complexity index is 390. The third kappa shape index (κ3) is 4.09. The van der Waals surface area contributed by atoms with Crippen molar-refractivity contribution in [2.24, 2.45) is 11.5 Å². The number of halogens is 1. The van der Waals surface area contributed by atoms with Gasteiger partial charge in [-0.1, -0.05) is 29.8 Å². The van der Waals surface area contributed by atoms with Crippen molar-refractivity contribution in [3.05, 3.63) is 58.4 Å². The number of nitrogens with two attached hydrogens (primary N) is 2. The fraction of sp³-hybridized carbons (Fsp3) is 0.167. The van der Waals surface area contributed by atoms with E-state index < -0.39 is 0 Å². The normalized spacial score (nSPS) is 12.9. The summed E-state index contributed by atoms with van der Waals surface area (Å²) in [7, 11) is 0. The van der Waals surface area contributed by atoms with E-state index in [0.29, 0.717) is 6.42 Å². The van der Waals surface area contributed by atoms with Gasteiger partial charge in [0, 0.05) is 22.8 Å². The quantitative estimate of drug-likeness (QED) is 0.773. The van der Waals surface area contributed by atoms with Crippen LogP contribution in [0.15, 0.2) is 47.8 Å². The molecule has 0 aromatic heterocycles. The van der Waals surface area contributed by atoms with Crippen molar-refractivity contribution in [3.63, 3.8) is 0 Å². The predicted molar refractivity (Wildman–Crippen MR) is 65.4 cm³/mol. The number of allylic oxidation sites excluding steroid dienone is 4. The van der Waals surface area contributed by atoms with Crippen LogP contribution in [-0.4, -0.2) is 0 Å². The van der Waals surface area contributed by atoms with Gasteiger partial charge in [0.2, 0.25) is 0 Å². The number of rotatable bonds is 3. The highest BCUT2D eigenvalue weighted by Crippen LogP contribution is 2.16. The second-order valence-electron chi connectivity index (χ2n) is 3.42. The molecule has 1 aromatic rings. The molecule has 3 heteroatoms. The van der Waals surface area contributed by atoms with Crippen LogP contribution in [0.2, 0.25) is 5.02 Å². The van der Waals surface area contributed by atoms with E-state index in [-0.39, 0.29) is 0 Å². The molecule has 1 rings (SSSR count). The van der Waals surface area contributed by atoms with Crippen LogP contribution in [-0.2, 0) is 6.42 Å². The molecule has 0 aliphatic carbocycles. The molecule has 0 amide bonds. The first kappa shape index (κ1) is 11.7. The molecule has 0 fully saturated rings. The highest BCUT2D eigenvalue weighted by Gasteiger charge is 1.99. The standard InChI is InChI=1S/C12H15ClN2/c1-9(14)6-7-11(15)8-10-4-2-3-5-12(10)13/h2-7H,8,14-15H2,1H3/b9-6-,11-7-. The van der Waals surface area contributed by atoms with Crippen LogP contribution in [0.3, 0.4) is 0 Å². The van der Waals surface area contributed by atoms with Crippen LogP contribution in [0.4, 0.5) is 0 Å². The fourth-order valence-corrected chi connectivity index (χ4v) is 1.36. The molecule has 1 aromatic carbocycles. The van der Waals surface area contributed by atoms with Gasteiger partial charge >= 0.3 is 0 Å². The van der Waals surface area contributed by atoms with Crippen molar-refractivity contribution < 1.29 is 0 Å². The minimum Gasteiger partial charge on any atom is -0.402 e. The molecule has 0 unspecified atom stereocenters. The summed E-state index contributed by atoms with van der Waals surface area (Å²) in [6.45, 7) is 1.82. The molecular weight excluding hydrogens is 208 g/mol. The minimum atomic E-state index is 0.642. The van der Waals surface area contributed by atoms with Gasteiger partial charge in [-0.05, 0) is 30.7 Å². The van der Waals surface area contributed by atoms with Gasteiger partial charge in [0.1, 0.15) is 0 Å². The zero-order valence-electron chi connectivity index (χ0n) is 8.70. The predicted octanol–water partition coefficient (Wildman–Crippen LogP) is 2.59. The average molecular weight is 223 g/mol. The molecule has 0 radical (unpaired) electrons. The summed E-state index contributed by atoms with van der Waals surface area (Å²) in [5.41, 5.74) is 13.8. The van der Waals surface area contributed by atoms with Crippen LogP contribution in [0.25, 0.3) is 0 Å². The smallest absolute Gasteiger partial charge is 0.0441 e. The van der Waals surface area contributed by atoms with Crippen molar-refractivity contribution in [3.8, 4) is 0 Å². The van der Waals surface area contributed by atoms with Gasteiger partial charge in [-0.15, -0.1) is 0 Å². The molecular formula is C12H15ClN2. The Kier molecular flexibility index (Phi) is 4.25. The lowest BCUT2D eigenvalue weighted by atomic mass is 10.1. The third-order valence-corrected chi connectivity index (χ3v) is 2.28. The number of benzene rings is 1. The monoisotopic (exact) mass is 222 g/mol. The summed E-state index contributed by atoms with van der Waals surface area (Å²) in [5, 5.41) is 0.738. The van der Waals surface area contributed by atoms with E-state index in [1.165, 1.54) is 0 Å². The molecule has 0 saturated carbocycles. The van der Waals surface area contributed by atoms with Crippen LogP contribution in [0.1, 0.15) is 12.5 Å². The van der Waals surface area contributed by atoms with E-state index in [1.807, 2.05) is 31.2 Å². The van der Waals surface area contributed by atoms with Gasteiger partial charge in [-0.2, -0.15) is 0 Å². The zero-order chi connectivity index (χ0) is 11.3.